The summed E-state index contributed by atoms with van der Waals surface area (Å²) in [5, 5.41) is 3.27. The Balaban J connectivity index is 1.39. The van der Waals surface area contributed by atoms with E-state index in [-0.39, 0.29) is 4.90 Å². The summed E-state index contributed by atoms with van der Waals surface area (Å²) in [6.45, 7) is 7.51. The second-order valence-corrected chi connectivity index (χ2v) is 9.92. The number of aromatic nitrogens is 2. The van der Waals surface area contributed by atoms with Crippen LogP contribution in [0.25, 0.3) is 0 Å². The Kier molecular flexibility index (Phi) is 8.04. The molecule has 0 unspecified atom stereocenters. The predicted octanol–water partition coefficient (Wildman–Crippen LogP) is 4.34. The van der Waals surface area contributed by atoms with Gasteiger partial charge in [0.1, 0.15) is 23.2 Å². The zero-order valence-corrected chi connectivity index (χ0v) is 20.8. The van der Waals surface area contributed by atoms with E-state index in [0.717, 1.165) is 37.4 Å². The molecule has 0 saturated carbocycles. The highest BCUT2D eigenvalue weighted by Gasteiger charge is 2.16. The molecule has 1 aliphatic heterocycles. The first-order valence-electron chi connectivity index (χ1n) is 11.7. The van der Waals surface area contributed by atoms with Crippen molar-refractivity contribution < 1.29 is 17.9 Å². The maximum atomic E-state index is 12.8. The summed E-state index contributed by atoms with van der Waals surface area (Å²) in [6.07, 6.45) is 2.00. The molecule has 1 aliphatic rings. The average molecular weight is 498 g/mol. The number of nitrogens with one attached hydrogen (secondary N) is 2. The van der Waals surface area contributed by atoms with E-state index in [4.69, 9.17) is 9.47 Å². The fraction of sp³-hybridized carbons (Fsp3) is 0.360. The Labute approximate surface area is 206 Å². The number of hydrogen-bond acceptors (Lipinski definition) is 8. The van der Waals surface area contributed by atoms with Crippen LogP contribution < -0.4 is 19.7 Å². The van der Waals surface area contributed by atoms with E-state index in [9.17, 15) is 8.42 Å². The Bertz CT molecular complexity index is 1210. The fourth-order valence-corrected chi connectivity index (χ4v) is 4.66. The highest BCUT2D eigenvalue weighted by Crippen LogP contribution is 2.24. The number of benzene rings is 2. The van der Waals surface area contributed by atoms with Crippen molar-refractivity contribution in [3.05, 3.63) is 60.4 Å². The first-order valence-corrected chi connectivity index (χ1v) is 13.2. The third kappa shape index (κ3) is 6.83. The summed E-state index contributed by atoms with van der Waals surface area (Å²) in [7, 11) is -3.71. The number of unbranched alkanes of at least 4 members (excludes halogenated alkanes) is 1. The highest BCUT2D eigenvalue weighted by molar-refractivity contribution is 7.92. The number of morpholine rings is 1. The number of anilines is 4. The monoisotopic (exact) mass is 497 g/mol. The first-order chi connectivity index (χ1) is 16.9. The van der Waals surface area contributed by atoms with Gasteiger partial charge in [-0.25, -0.2) is 18.4 Å². The molecule has 0 aliphatic carbocycles. The molecular weight excluding hydrogens is 466 g/mol. The maximum Gasteiger partial charge on any atom is 0.261 e. The molecular formula is C25H31N5O4S. The average Bonchev–Trinajstić information content (AvgIpc) is 2.86. The first kappa shape index (κ1) is 24.7. The van der Waals surface area contributed by atoms with E-state index in [0.29, 0.717) is 42.9 Å². The zero-order valence-electron chi connectivity index (χ0n) is 20.0. The van der Waals surface area contributed by atoms with Crippen LogP contribution in [0.4, 0.5) is 23.0 Å². The van der Waals surface area contributed by atoms with Crippen LogP contribution in [0.2, 0.25) is 0 Å². The van der Waals surface area contributed by atoms with E-state index >= 15 is 0 Å². The summed E-state index contributed by atoms with van der Waals surface area (Å²) in [4.78, 5) is 11.4. The van der Waals surface area contributed by atoms with Crippen molar-refractivity contribution >= 4 is 33.0 Å². The second kappa shape index (κ2) is 11.4. The summed E-state index contributed by atoms with van der Waals surface area (Å²) < 4.78 is 39.2. The van der Waals surface area contributed by atoms with Crippen LogP contribution in [-0.2, 0) is 14.8 Å². The lowest BCUT2D eigenvalue weighted by Crippen LogP contribution is -2.36. The minimum Gasteiger partial charge on any atom is -0.494 e. The molecule has 1 aromatic heterocycles. The Morgan fingerprint density at radius 1 is 1.00 bits per heavy atom. The van der Waals surface area contributed by atoms with Crippen LogP contribution in [0.15, 0.2) is 59.5 Å². The quantitative estimate of drug-likeness (QED) is 0.399. The molecule has 2 heterocycles. The van der Waals surface area contributed by atoms with E-state index in [1.165, 1.54) is 0 Å². The fourth-order valence-electron chi connectivity index (χ4n) is 3.60. The topological polar surface area (TPSA) is 106 Å². The molecule has 1 fully saturated rings. The zero-order chi connectivity index (χ0) is 24.7. The molecule has 1 saturated heterocycles. The van der Waals surface area contributed by atoms with Crippen molar-refractivity contribution in [2.24, 2.45) is 0 Å². The largest absolute Gasteiger partial charge is 0.494 e. The number of nitrogens with zero attached hydrogens (tertiary/aromatic N) is 3. The Morgan fingerprint density at radius 3 is 2.37 bits per heavy atom. The molecule has 0 spiro atoms. The van der Waals surface area contributed by atoms with Crippen molar-refractivity contribution in [2.45, 2.75) is 31.6 Å². The molecule has 2 N–H and O–H groups in total. The SMILES string of the molecule is CCCCOc1ccc(S(=O)(=O)Nc2ccc(Nc3cc(N4CCOCC4)nc(C)n3)cc2)cc1. The van der Waals surface area contributed by atoms with Crippen LogP contribution in [0.3, 0.4) is 0 Å². The van der Waals surface area contributed by atoms with Gasteiger partial charge in [-0.05, 0) is 61.9 Å². The Hall–Kier alpha value is -3.37. The normalized spacial score (nSPS) is 13.9. The van der Waals surface area contributed by atoms with Gasteiger partial charge in [0.2, 0.25) is 0 Å². The van der Waals surface area contributed by atoms with E-state index in [2.05, 4.69) is 31.8 Å². The van der Waals surface area contributed by atoms with Crippen LogP contribution in [-0.4, -0.2) is 51.3 Å². The van der Waals surface area contributed by atoms with E-state index in [1.54, 1.807) is 48.5 Å². The maximum absolute atomic E-state index is 12.8. The third-order valence-corrected chi connectivity index (χ3v) is 6.87. The van der Waals surface area contributed by atoms with Gasteiger partial charge in [-0.3, -0.25) is 4.72 Å². The van der Waals surface area contributed by atoms with Gasteiger partial charge in [0.15, 0.2) is 0 Å². The van der Waals surface area contributed by atoms with Crippen molar-refractivity contribution in [3.8, 4) is 5.75 Å². The van der Waals surface area contributed by atoms with Crippen LogP contribution >= 0.6 is 0 Å². The molecule has 186 valence electrons. The minimum absolute atomic E-state index is 0.176. The number of sulfonamides is 1. The molecule has 0 bridgehead atoms. The highest BCUT2D eigenvalue weighted by atomic mass is 32.2. The number of aryl methyl sites for hydroxylation is 1. The number of hydrogen-bond donors (Lipinski definition) is 2. The summed E-state index contributed by atoms with van der Waals surface area (Å²) in [6, 6.07) is 15.4. The molecule has 3 aromatic rings. The molecule has 0 radical (unpaired) electrons. The van der Waals surface area contributed by atoms with Crippen molar-refractivity contribution in [2.75, 3.05) is 47.8 Å². The van der Waals surface area contributed by atoms with Crippen LogP contribution in [0.1, 0.15) is 25.6 Å². The van der Waals surface area contributed by atoms with Gasteiger partial charge >= 0.3 is 0 Å². The lowest BCUT2D eigenvalue weighted by Gasteiger charge is -2.28. The van der Waals surface area contributed by atoms with Crippen LogP contribution in [0, 0.1) is 6.92 Å². The summed E-state index contributed by atoms with van der Waals surface area (Å²) in [5.41, 5.74) is 1.25. The second-order valence-electron chi connectivity index (χ2n) is 8.24. The molecule has 9 nitrogen and oxygen atoms in total. The van der Waals surface area contributed by atoms with E-state index < -0.39 is 10.0 Å². The minimum atomic E-state index is -3.71. The molecule has 10 heteroatoms. The third-order valence-electron chi connectivity index (χ3n) is 5.47. The van der Waals surface area contributed by atoms with E-state index in [1.807, 2.05) is 13.0 Å². The van der Waals surface area contributed by atoms with Gasteiger partial charge < -0.3 is 19.7 Å². The van der Waals surface area contributed by atoms with Gasteiger partial charge in [-0.15, -0.1) is 0 Å². The van der Waals surface area contributed by atoms with Gasteiger partial charge in [-0.2, -0.15) is 0 Å². The standard InChI is InChI=1S/C25H31N5O4S/c1-3-4-15-34-22-9-11-23(12-10-22)35(31,32)29-21-7-5-20(6-8-21)28-24-18-25(27-19(2)26-24)30-13-16-33-17-14-30/h5-12,18,29H,3-4,13-17H2,1-2H3,(H,26,27,28). The van der Waals surface area contributed by atoms with Gasteiger partial charge in [0.25, 0.3) is 10.0 Å². The van der Waals surface area contributed by atoms with Crippen LogP contribution in [0.5, 0.6) is 5.75 Å². The van der Waals surface area contributed by atoms with Crippen molar-refractivity contribution in [1.29, 1.82) is 0 Å². The number of ether oxygens (including phenoxy) is 2. The lowest BCUT2D eigenvalue weighted by molar-refractivity contribution is 0.122. The smallest absolute Gasteiger partial charge is 0.261 e. The van der Waals surface area contributed by atoms with Gasteiger partial charge in [-0.1, -0.05) is 13.3 Å². The van der Waals surface area contributed by atoms with Crippen molar-refractivity contribution in [3.63, 3.8) is 0 Å². The molecule has 0 atom stereocenters. The predicted molar refractivity (Wildman–Crippen MR) is 137 cm³/mol. The lowest BCUT2D eigenvalue weighted by atomic mass is 10.3. The summed E-state index contributed by atoms with van der Waals surface area (Å²) in [5.74, 6) is 2.86. The molecule has 0 amide bonds. The Morgan fingerprint density at radius 2 is 1.69 bits per heavy atom. The summed E-state index contributed by atoms with van der Waals surface area (Å²) >= 11 is 0. The number of rotatable bonds is 10. The van der Waals surface area contributed by atoms with Gasteiger partial charge in [0, 0.05) is 30.5 Å². The van der Waals surface area contributed by atoms with Gasteiger partial charge in [0.05, 0.1) is 24.7 Å². The molecule has 35 heavy (non-hydrogen) atoms. The van der Waals surface area contributed by atoms with Crippen molar-refractivity contribution in [1.82, 2.24) is 9.97 Å². The molecule has 2 aromatic carbocycles. The molecule has 4 rings (SSSR count).